The number of hydrogen-bond acceptors (Lipinski definition) is 1. The highest BCUT2D eigenvalue weighted by Crippen LogP contribution is 2.51. The third-order valence-electron chi connectivity index (χ3n) is 8.60. The lowest BCUT2D eigenvalue weighted by Gasteiger charge is -2.29. The van der Waals surface area contributed by atoms with Gasteiger partial charge in [0.25, 0.3) is 0 Å². The molecular weight excluding hydrogens is 494 g/mol. The van der Waals surface area contributed by atoms with Crippen molar-refractivity contribution in [2.75, 3.05) is 4.90 Å². The third kappa shape index (κ3) is 3.85. The van der Waals surface area contributed by atoms with Gasteiger partial charge in [-0.25, -0.2) is 0 Å². The summed E-state index contributed by atoms with van der Waals surface area (Å²) in [6, 6.07) is 51.1. The molecule has 0 aliphatic heterocycles. The first-order chi connectivity index (χ1) is 20.1. The Labute approximate surface area is 241 Å². The molecule has 0 saturated carbocycles. The van der Waals surface area contributed by atoms with E-state index in [0.29, 0.717) is 0 Å². The maximum atomic E-state index is 2.40. The van der Waals surface area contributed by atoms with Crippen LogP contribution in [0.15, 0.2) is 140 Å². The summed E-state index contributed by atoms with van der Waals surface area (Å²) in [5.41, 5.74) is 14.0. The van der Waals surface area contributed by atoms with Crippen molar-refractivity contribution >= 4 is 38.6 Å². The van der Waals surface area contributed by atoms with E-state index < -0.39 is 0 Å². The summed E-state index contributed by atoms with van der Waals surface area (Å²) in [5.74, 6) is 0. The highest BCUT2D eigenvalue weighted by molar-refractivity contribution is 6.12. The molecule has 7 aromatic carbocycles. The molecule has 1 aliphatic rings. The van der Waals surface area contributed by atoms with Crippen molar-refractivity contribution < 1.29 is 0 Å². The average molecular weight is 524 g/mol. The van der Waals surface area contributed by atoms with Gasteiger partial charge in [-0.3, -0.25) is 0 Å². The third-order valence-corrected chi connectivity index (χ3v) is 8.60. The fourth-order valence-corrected chi connectivity index (χ4v) is 6.40. The van der Waals surface area contributed by atoms with Crippen LogP contribution in [0.1, 0.15) is 11.1 Å². The predicted octanol–water partition coefficient (Wildman–Crippen LogP) is 11.4. The number of para-hydroxylation sites is 2. The van der Waals surface area contributed by atoms with Gasteiger partial charge in [0.05, 0.1) is 0 Å². The van der Waals surface area contributed by atoms with Gasteiger partial charge in [0.1, 0.15) is 0 Å². The van der Waals surface area contributed by atoms with Gasteiger partial charge < -0.3 is 4.90 Å². The highest BCUT2D eigenvalue weighted by atomic mass is 15.1. The van der Waals surface area contributed by atoms with E-state index in [9.17, 15) is 0 Å². The summed E-state index contributed by atoms with van der Waals surface area (Å²) < 4.78 is 0. The number of nitrogens with zero attached hydrogens (tertiary/aromatic N) is 1. The van der Waals surface area contributed by atoms with Crippen LogP contribution in [0.2, 0.25) is 0 Å². The molecule has 0 spiro atoms. The molecule has 7 aromatic rings. The Morgan fingerprint density at radius 3 is 1.44 bits per heavy atom. The second-order valence-electron chi connectivity index (χ2n) is 11.2. The van der Waals surface area contributed by atoms with Gasteiger partial charge in [0.2, 0.25) is 0 Å². The molecule has 0 atom stereocenters. The number of benzene rings is 7. The maximum Gasteiger partial charge on any atom is 0.0490 e. The molecule has 0 fully saturated rings. The number of rotatable bonds is 4. The first-order valence-corrected chi connectivity index (χ1v) is 14.3. The normalized spacial score (nSPS) is 11.7. The summed E-state index contributed by atoms with van der Waals surface area (Å²) in [4.78, 5) is 2.40. The highest BCUT2D eigenvalue weighted by Gasteiger charge is 2.24. The van der Waals surface area contributed by atoms with E-state index in [-0.39, 0.29) is 0 Å². The van der Waals surface area contributed by atoms with Crippen LogP contribution in [0.4, 0.5) is 17.1 Å². The lowest BCUT2D eigenvalue weighted by Crippen LogP contribution is -2.12. The van der Waals surface area contributed by atoms with Gasteiger partial charge in [-0.2, -0.15) is 0 Å². The molecule has 0 bridgehead atoms. The Morgan fingerprint density at radius 2 is 0.854 bits per heavy atom. The summed E-state index contributed by atoms with van der Waals surface area (Å²) in [6.45, 7) is 4.38. The molecular formula is C40H29N. The zero-order valence-electron chi connectivity index (χ0n) is 23.2. The van der Waals surface area contributed by atoms with Gasteiger partial charge in [-0.15, -0.1) is 0 Å². The molecule has 1 heteroatoms. The monoisotopic (exact) mass is 523 g/mol. The van der Waals surface area contributed by atoms with Crippen LogP contribution in [-0.2, 0) is 0 Å². The minimum atomic E-state index is 1.17. The Bertz CT molecular complexity index is 2070. The van der Waals surface area contributed by atoms with Crippen molar-refractivity contribution in [1.82, 2.24) is 0 Å². The first-order valence-electron chi connectivity index (χ1n) is 14.3. The smallest absolute Gasteiger partial charge is 0.0490 e. The van der Waals surface area contributed by atoms with E-state index in [4.69, 9.17) is 0 Å². The van der Waals surface area contributed by atoms with Crippen molar-refractivity contribution in [1.29, 1.82) is 0 Å². The van der Waals surface area contributed by atoms with Crippen LogP contribution in [0.3, 0.4) is 0 Å². The molecule has 0 aromatic heterocycles. The Hall–Kier alpha value is -5.14. The van der Waals surface area contributed by atoms with Crippen LogP contribution in [0, 0.1) is 13.8 Å². The van der Waals surface area contributed by atoms with Gasteiger partial charge in [0, 0.05) is 17.1 Å². The molecule has 0 amide bonds. The van der Waals surface area contributed by atoms with E-state index in [0.717, 1.165) is 0 Å². The van der Waals surface area contributed by atoms with Crippen LogP contribution >= 0.6 is 0 Å². The molecule has 0 saturated heterocycles. The van der Waals surface area contributed by atoms with Crippen LogP contribution < -0.4 is 4.90 Å². The number of fused-ring (bicyclic) bond motifs is 6. The number of anilines is 3. The fourth-order valence-electron chi connectivity index (χ4n) is 6.40. The number of hydrogen-bond donors (Lipinski definition) is 0. The quantitative estimate of drug-likeness (QED) is 0.222. The lowest BCUT2D eigenvalue weighted by molar-refractivity contribution is 1.23. The maximum absolute atomic E-state index is 2.40. The van der Waals surface area contributed by atoms with Crippen molar-refractivity contribution in [2.45, 2.75) is 13.8 Å². The summed E-state index contributed by atoms with van der Waals surface area (Å²) in [6.07, 6.45) is 0. The predicted molar refractivity (Wildman–Crippen MR) is 175 cm³/mol. The number of aryl methyl sites for hydroxylation is 2. The fraction of sp³-hybridized carbons (Fsp3) is 0.0500. The molecule has 194 valence electrons. The lowest BCUT2D eigenvalue weighted by atomic mass is 9.77. The largest absolute Gasteiger partial charge is 0.310 e. The van der Waals surface area contributed by atoms with Crippen molar-refractivity contribution in [3.8, 4) is 33.4 Å². The van der Waals surface area contributed by atoms with Crippen LogP contribution in [0.25, 0.3) is 54.9 Å². The Kier molecular flexibility index (Phi) is 5.33. The average Bonchev–Trinajstić information content (AvgIpc) is 3.01. The van der Waals surface area contributed by atoms with Crippen molar-refractivity contribution in [3.63, 3.8) is 0 Å². The molecule has 0 radical (unpaired) electrons. The molecule has 8 rings (SSSR count). The van der Waals surface area contributed by atoms with Crippen molar-refractivity contribution in [2.24, 2.45) is 0 Å². The van der Waals surface area contributed by atoms with Crippen LogP contribution in [0.5, 0.6) is 0 Å². The summed E-state index contributed by atoms with van der Waals surface area (Å²) >= 11 is 0. The SMILES string of the molecule is Cc1ccccc1N(c1ccc2cc3c(cc2c1)-c1cc2cc(-c4ccccc4)ccc2cc1-3)c1ccccc1C. The molecule has 1 aliphatic carbocycles. The van der Waals surface area contributed by atoms with Gasteiger partial charge >= 0.3 is 0 Å². The molecule has 0 heterocycles. The molecule has 1 nitrogen and oxygen atoms in total. The van der Waals surface area contributed by atoms with Gasteiger partial charge in [0.15, 0.2) is 0 Å². The summed E-state index contributed by atoms with van der Waals surface area (Å²) in [7, 11) is 0. The second-order valence-corrected chi connectivity index (χ2v) is 11.2. The van der Waals surface area contributed by atoms with E-state index >= 15 is 0 Å². The van der Waals surface area contributed by atoms with E-state index in [2.05, 4.69) is 158 Å². The standard InChI is InChI=1S/C40H29N/c1-26-10-6-8-14-39(26)41(40-15-9-7-11-27(40)2)34-19-18-31-23-36-35-22-30-17-16-29(28-12-4-3-5-13-28)20-32(30)24-37(35)38(36)25-33(31)21-34/h3-25H,1-2H3. The molecule has 0 N–H and O–H groups in total. The molecule has 41 heavy (non-hydrogen) atoms. The second kappa shape index (κ2) is 9.21. The van der Waals surface area contributed by atoms with E-state index in [1.54, 1.807) is 0 Å². The van der Waals surface area contributed by atoms with Gasteiger partial charge in [-0.1, -0.05) is 84.9 Å². The topological polar surface area (TPSA) is 3.24 Å². The van der Waals surface area contributed by atoms with Crippen LogP contribution in [-0.4, -0.2) is 0 Å². The minimum absolute atomic E-state index is 1.17. The van der Waals surface area contributed by atoms with E-state index in [1.807, 2.05) is 0 Å². The Balaban J connectivity index is 1.25. The molecule has 0 unspecified atom stereocenters. The van der Waals surface area contributed by atoms with Gasteiger partial charge in [-0.05, 0) is 134 Å². The zero-order chi connectivity index (χ0) is 27.5. The first kappa shape index (κ1) is 23.7. The van der Waals surface area contributed by atoms with E-state index in [1.165, 1.54) is 83.1 Å². The van der Waals surface area contributed by atoms with Crippen molar-refractivity contribution in [3.05, 3.63) is 151 Å². The zero-order valence-corrected chi connectivity index (χ0v) is 23.2. The minimum Gasteiger partial charge on any atom is -0.310 e. The summed E-state index contributed by atoms with van der Waals surface area (Å²) in [5, 5.41) is 5.11. The Morgan fingerprint density at radius 1 is 0.366 bits per heavy atom.